The van der Waals surface area contributed by atoms with Crippen molar-refractivity contribution in [1.29, 1.82) is 0 Å². The Morgan fingerprint density at radius 2 is 1.93 bits per heavy atom. The van der Waals surface area contributed by atoms with Crippen molar-refractivity contribution in [2.45, 2.75) is 64.8 Å². The summed E-state index contributed by atoms with van der Waals surface area (Å²) in [7, 11) is 1.82. The molecule has 1 spiro atoms. The van der Waals surface area contributed by atoms with Gasteiger partial charge < -0.3 is 9.80 Å². The highest BCUT2D eigenvalue weighted by Gasteiger charge is 2.57. The van der Waals surface area contributed by atoms with E-state index in [0.717, 1.165) is 30.7 Å². The Labute approximate surface area is 170 Å². The Bertz CT molecular complexity index is 833. The van der Waals surface area contributed by atoms with E-state index in [4.69, 9.17) is 0 Å². The highest BCUT2D eigenvalue weighted by Crippen LogP contribution is 2.48. The van der Waals surface area contributed by atoms with Crippen molar-refractivity contribution in [1.82, 2.24) is 19.6 Å². The largest absolute Gasteiger partial charge is 0.336 e. The van der Waals surface area contributed by atoms with Gasteiger partial charge >= 0.3 is 0 Å². The Balaban J connectivity index is 1.58. The molecule has 1 atom stereocenters. The number of carbonyl (C=O) groups excluding carboxylic acids is 2. The molecular formula is C21H30F2N4O2. The zero-order valence-electron chi connectivity index (χ0n) is 17.5. The molecule has 1 aliphatic carbocycles. The van der Waals surface area contributed by atoms with Gasteiger partial charge in [0.15, 0.2) is 0 Å². The monoisotopic (exact) mass is 408 g/mol. The third-order valence-electron chi connectivity index (χ3n) is 7.05. The third-order valence-corrected chi connectivity index (χ3v) is 7.05. The van der Waals surface area contributed by atoms with Crippen LogP contribution in [0.4, 0.5) is 8.78 Å². The van der Waals surface area contributed by atoms with Crippen molar-refractivity contribution in [2.75, 3.05) is 19.6 Å². The number of amides is 2. The molecule has 2 aliphatic heterocycles. The molecule has 1 unspecified atom stereocenters. The second-order valence-electron chi connectivity index (χ2n) is 9.62. The number of rotatable bonds is 3. The lowest BCUT2D eigenvalue weighted by atomic mass is 9.67. The topological polar surface area (TPSA) is 58.4 Å². The van der Waals surface area contributed by atoms with Crippen LogP contribution in [0.3, 0.4) is 0 Å². The normalized spacial score (nSPS) is 28.5. The van der Waals surface area contributed by atoms with Crippen LogP contribution in [0, 0.1) is 17.8 Å². The predicted octanol–water partition coefficient (Wildman–Crippen LogP) is 2.90. The fourth-order valence-corrected chi connectivity index (χ4v) is 5.38. The summed E-state index contributed by atoms with van der Waals surface area (Å²) in [6, 6.07) is 1.91. The van der Waals surface area contributed by atoms with Gasteiger partial charge in [0.25, 0.3) is 5.92 Å². The van der Waals surface area contributed by atoms with E-state index in [1.54, 1.807) is 9.58 Å². The maximum absolute atomic E-state index is 14.8. The SMILES string of the molecule is Cc1cc(CN2CCCC3(CN(C(=O)C4(C)CCC4)CC(F)(F)C3)C2=O)n(C)n1. The van der Waals surface area contributed by atoms with Crippen LogP contribution in [0.1, 0.15) is 56.8 Å². The van der Waals surface area contributed by atoms with Gasteiger partial charge in [-0.25, -0.2) is 8.78 Å². The van der Waals surface area contributed by atoms with Crippen LogP contribution in [0.15, 0.2) is 6.07 Å². The van der Waals surface area contributed by atoms with Gasteiger partial charge in [-0.15, -0.1) is 0 Å². The minimum Gasteiger partial charge on any atom is -0.336 e. The minimum atomic E-state index is -3.05. The second-order valence-corrected chi connectivity index (χ2v) is 9.62. The van der Waals surface area contributed by atoms with E-state index in [9.17, 15) is 18.4 Å². The maximum atomic E-state index is 14.8. The zero-order valence-corrected chi connectivity index (χ0v) is 17.5. The number of carbonyl (C=O) groups is 2. The molecule has 160 valence electrons. The van der Waals surface area contributed by atoms with Crippen LogP contribution in [0.2, 0.25) is 0 Å². The summed E-state index contributed by atoms with van der Waals surface area (Å²) in [4.78, 5) is 29.4. The Kier molecular flexibility index (Phi) is 4.74. The number of aryl methyl sites for hydroxylation is 2. The van der Waals surface area contributed by atoms with Crippen LogP contribution in [0.5, 0.6) is 0 Å². The Hall–Kier alpha value is -1.99. The summed E-state index contributed by atoms with van der Waals surface area (Å²) < 4.78 is 31.3. The first-order valence-corrected chi connectivity index (χ1v) is 10.5. The van der Waals surface area contributed by atoms with E-state index in [-0.39, 0.29) is 18.4 Å². The molecule has 1 aromatic rings. The molecule has 4 rings (SSSR count). The summed E-state index contributed by atoms with van der Waals surface area (Å²) in [5.41, 5.74) is 0.00328. The quantitative estimate of drug-likeness (QED) is 0.773. The van der Waals surface area contributed by atoms with Gasteiger partial charge in [-0.1, -0.05) is 13.3 Å². The van der Waals surface area contributed by atoms with Crippen molar-refractivity contribution in [3.63, 3.8) is 0 Å². The summed E-state index contributed by atoms with van der Waals surface area (Å²) >= 11 is 0. The molecule has 2 amide bonds. The van der Waals surface area contributed by atoms with E-state index in [1.807, 2.05) is 27.0 Å². The summed E-state index contributed by atoms with van der Waals surface area (Å²) in [6.07, 6.45) is 3.02. The second kappa shape index (κ2) is 6.77. The lowest BCUT2D eigenvalue weighted by Gasteiger charge is -2.51. The highest BCUT2D eigenvalue weighted by molar-refractivity contribution is 5.87. The first kappa shape index (κ1) is 20.3. The Morgan fingerprint density at radius 3 is 2.52 bits per heavy atom. The van der Waals surface area contributed by atoms with Crippen molar-refractivity contribution in [3.8, 4) is 0 Å². The van der Waals surface area contributed by atoms with E-state index in [2.05, 4.69) is 5.10 Å². The summed E-state index contributed by atoms with van der Waals surface area (Å²) in [6.45, 7) is 4.18. The van der Waals surface area contributed by atoms with Crippen molar-refractivity contribution >= 4 is 11.8 Å². The van der Waals surface area contributed by atoms with E-state index >= 15 is 0 Å². The number of aromatic nitrogens is 2. The van der Waals surface area contributed by atoms with Gasteiger partial charge in [0, 0.05) is 32.0 Å². The van der Waals surface area contributed by atoms with Crippen LogP contribution >= 0.6 is 0 Å². The van der Waals surface area contributed by atoms with Crippen LogP contribution in [0.25, 0.3) is 0 Å². The van der Waals surface area contributed by atoms with Gasteiger partial charge in [0.05, 0.1) is 29.9 Å². The van der Waals surface area contributed by atoms with E-state index in [1.165, 1.54) is 4.90 Å². The molecule has 8 heteroatoms. The molecule has 3 aliphatic rings. The number of hydrogen-bond donors (Lipinski definition) is 0. The first-order chi connectivity index (χ1) is 13.5. The van der Waals surface area contributed by atoms with Gasteiger partial charge in [0.2, 0.25) is 11.8 Å². The number of halogens is 2. The first-order valence-electron chi connectivity index (χ1n) is 10.5. The lowest BCUT2D eigenvalue weighted by molar-refractivity contribution is -0.180. The average Bonchev–Trinajstić information content (AvgIpc) is 2.92. The van der Waals surface area contributed by atoms with Gasteiger partial charge in [-0.2, -0.15) is 5.10 Å². The van der Waals surface area contributed by atoms with Crippen molar-refractivity contribution in [3.05, 3.63) is 17.5 Å². The fourth-order valence-electron chi connectivity index (χ4n) is 5.38. The molecule has 0 N–H and O–H groups in total. The Morgan fingerprint density at radius 1 is 1.21 bits per heavy atom. The maximum Gasteiger partial charge on any atom is 0.266 e. The number of piperidine rings is 2. The minimum absolute atomic E-state index is 0.108. The molecule has 2 saturated heterocycles. The number of alkyl halides is 2. The van der Waals surface area contributed by atoms with E-state index < -0.39 is 29.7 Å². The van der Waals surface area contributed by atoms with Crippen LogP contribution in [-0.4, -0.2) is 57.0 Å². The number of hydrogen-bond acceptors (Lipinski definition) is 3. The lowest BCUT2D eigenvalue weighted by Crippen LogP contribution is -2.63. The molecule has 6 nitrogen and oxygen atoms in total. The molecule has 29 heavy (non-hydrogen) atoms. The third kappa shape index (κ3) is 3.55. The van der Waals surface area contributed by atoms with Crippen LogP contribution < -0.4 is 0 Å². The molecule has 0 bridgehead atoms. The molecule has 0 aromatic carbocycles. The molecule has 1 saturated carbocycles. The fraction of sp³-hybridized carbons (Fsp3) is 0.762. The van der Waals surface area contributed by atoms with E-state index in [0.29, 0.717) is 25.9 Å². The van der Waals surface area contributed by atoms with Gasteiger partial charge in [-0.3, -0.25) is 14.3 Å². The predicted molar refractivity (Wildman–Crippen MR) is 103 cm³/mol. The van der Waals surface area contributed by atoms with Crippen molar-refractivity contribution < 1.29 is 18.4 Å². The zero-order chi connectivity index (χ0) is 21.0. The molecular weight excluding hydrogens is 378 g/mol. The molecule has 3 fully saturated rings. The summed E-state index contributed by atoms with van der Waals surface area (Å²) in [5.74, 6) is -3.51. The van der Waals surface area contributed by atoms with Crippen LogP contribution in [-0.2, 0) is 23.2 Å². The molecule has 3 heterocycles. The smallest absolute Gasteiger partial charge is 0.266 e. The van der Waals surface area contributed by atoms with Crippen molar-refractivity contribution in [2.24, 2.45) is 17.9 Å². The number of likely N-dealkylation sites (tertiary alicyclic amines) is 2. The molecule has 0 radical (unpaired) electrons. The van der Waals surface area contributed by atoms with Gasteiger partial charge in [-0.05, 0) is 38.7 Å². The average molecular weight is 408 g/mol. The standard InChI is InChI=1S/C21H30F2N4O2/c1-15-10-16(25(3)24-15)11-26-9-5-8-20(18(26)29)12-21(22,23)14-27(13-20)17(28)19(2)6-4-7-19/h10H,4-9,11-14H2,1-3H3. The number of nitrogens with zero attached hydrogens (tertiary/aromatic N) is 4. The van der Waals surface area contributed by atoms with Gasteiger partial charge in [0.1, 0.15) is 0 Å². The summed E-state index contributed by atoms with van der Waals surface area (Å²) in [5, 5.41) is 4.31. The highest BCUT2D eigenvalue weighted by atomic mass is 19.3. The molecule has 1 aromatic heterocycles.